The molecule has 0 radical (unpaired) electrons. The van der Waals surface area contributed by atoms with Crippen molar-refractivity contribution in [2.45, 2.75) is 36.9 Å². The van der Waals surface area contributed by atoms with Gasteiger partial charge in [0.05, 0.1) is 12.6 Å². The second-order valence-corrected chi connectivity index (χ2v) is 7.01. The third-order valence-electron chi connectivity index (χ3n) is 5.45. The van der Waals surface area contributed by atoms with Gasteiger partial charge in [0.25, 0.3) is 5.91 Å². The lowest BCUT2D eigenvalue weighted by molar-refractivity contribution is -0.304. The zero-order valence-electron chi connectivity index (χ0n) is 14.9. The second kappa shape index (κ2) is 6.73. The summed E-state index contributed by atoms with van der Waals surface area (Å²) in [6, 6.07) is 18.9. The molecule has 2 aromatic rings. The molecular formula is C21H21NO5. The van der Waals surface area contributed by atoms with Crippen LogP contribution >= 0.6 is 0 Å². The van der Waals surface area contributed by atoms with Gasteiger partial charge in [-0.05, 0) is 12.1 Å². The highest BCUT2D eigenvalue weighted by molar-refractivity contribution is 5.96. The van der Waals surface area contributed by atoms with Crippen LogP contribution in [-0.4, -0.2) is 55.1 Å². The molecule has 0 bridgehead atoms. The number of amides is 1. The molecule has 2 aromatic carbocycles. The number of hydrogen-bond donors (Lipinski definition) is 0. The largest absolute Gasteiger partial charge is 0.354 e. The Morgan fingerprint density at radius 1 is 1.00 bits per heavy atom. The molecule has 1 amide bonds. The Balaban J connectivity index is 1.39. The predicted octanol–water partition coefficient (Wildman–Crippen LogP) is 2.37. The number of fused-ring (bicyclic) bond motifs is 3. The molecule has 3 aliphatic heterocycles. The average Bonchev–Trinajstić information content (AvgIpc) is 3.49. The number of rotatable bonds is 3. The van der Waals surface area contributed by atoms with Gasteiger partial charge >= 0.3 is 0 Å². The summed E-state index contributed by atoms with van der Waals surface area (Å²) < 4.78 is 23.6. The highest BCUT2D eigenvalue weighted by Crippen LogP contribution is 2.46. The van der Waals surface area contributed by atoms with E-state index in [1.165, 1.54) is 0 Å². The maximum Gasteiger partial charge on any atom is 0.254 e. The lowest BCUT2D eigenvalue weighted by atomic mass is 10.0. The van der Waals surface area contributed by atoms with Gasteiger partial charge in [-0.25, -0.2) is 0 Å². The third-order valence-corrected chi connectivity index (χ3v) is 5.45. The summed E-state index contributed by atoms with van der Waals surface area (Å²) in [6.45, 7) is 0.403. The number of ether oxygens (including phenoxy) is 4. The van der Waals surface area contributed by atoms with Gasteiger partial charge in [0.15, 0.2) is 12.6 Å². The standard InChI is InChI=1S/C21H21NO5/c1-24-21-17-16(22(17)19(23)13-8-4-2-5-9-13)18-15(26-21)12-25-20(27-18)14-10-6-3-7-11-14/h2-11,15-18,20-21H,12H2,1H3/t15-,16-,17+,18+,20+,21+,22?/m1/s1. The molecule has 0 aromatic heterocycles. The Bertz CT molecular complexity index is 814. The maximum absolute atomic E-state index is 13.0. The van der Waals surface area contributed by atoms with E-state index in [9.17, 15) is 4.79 Å². The van der Waals surface area contributed by atoms with Crippen molar-refractivity contribution >= 4 is 5.91 Å². The molecule has 3 aliphatic rings. The van der Waals surface area contributed by atoms with Crippen molar-refractivity contribution in [2.24, 2.45) is 0 Å². The van der Waals surface area contributed by atoms with Crippen molar-refractivity contribution in [3.63, 3.8) is 0 Å². The minimum Gasteiger partial charge on any atom is -0.354 e. The minimum absolute atomic E-state index is 0.0248. The minimum atomic E-state index is -0.468. The fourth-order valence-corrected chi connectivity index (χ4v) is 4.11. The molecule has 27 heavy (non-hydrogen) atoms. The summed E-state index contributed by atoms with van der Waals surface area (Å²) in [5.74, 6) is -0.0248. The van der Waals surface area contributed by atoms with E-state index < -0.39 is 12.6 Å². The lowest BCUT2D eigenvalue weighted by Gasteiger charge is -2.39. The number of hydrogen-bond acceptors (Lipinski definition) is 5. The van der Waals surface area contributed by atoms with Crippen molar-refractivity contribution in [3.8, 4) is 0 Å². The smallest absolute Gasteiger partial charge is 0.254 e. The van der Waals surface area contributed by atoms with E-state index >= 15 is 0 Å². The molecule has 0 aliphatic carbocycles. The molecule has 6 atom stereocenters. The van der Waals surface area contributed by atoms with Gasteiger partial charge in [-0.1, -0.05) is 48.5 Å². The van der Waals surface area contributed by atoms with Gasteiger partial charge in [-0.2, -0.15) is 0 Å². The summed E-state index contributed by atoms with van der Waals surface area (Å²) in [5, 5.41) is 0. The van der Waals surface area contributed by atoms with Gasteiger partial charge in [0.2, 0.25) is 0 Å². The van der Waals surface area contributed by atoms with E-state index in [2.05, 4.69) is 0 Å². The first-order valence-electron chi connectivity index (χ1n) is 9.16. The fourth-order valence-electron chi connectivity index (χ4n) is 4.11. The highest BCUT2D eigenvalue weighted by atomic mass is 16.7. The lowest BCUT2D eigenvalue weighted by Crippen LogP contribution is -2.52. The van der Waals surface area contributed by atoms with Crippen LogP contribution < -0.4 is 0 Å². The second-order valence-electron chi connectivity index (χ2n) is 7.01. The Morgan fingerprint density at radius 3 is 2.41 bits per heavy atom. The molecule has 6 nitrogen and oxygen atoms in total. The Kier molecular flexibility index (Phi) is 4.21. The number of methoxy groups -OCH3 is 1. The summed E-state index contributed by atoms with van der Waals surface area (Å²) >= 11 is 0. The van der Waals surface area contributed by atoms with Crippen LogP contribution in [0.4, 0.5) is 0 Å². The van der Waals surface area contributed by atoms with E-state index in [-0.39, 0.29) is 30.2 Å². The van der Waals surface area contributed by atoms with Crippen LogP contribution in [0.2, 0.25) is 0 Å². The van der Waals surface area contributed by atoms with Crippen molar-refractivity contribution in [3.05, 3.63) is 71.8 Å². The van der Waals surface area contributed by atoms with Crippen molar-refractivity contribution in [2.75, 3.05) is 13.7 Å². The SMILES string of the molecule is CO[C@H]1O[C@@H]2CO[C@H](c3ccccc3)O[C@@H]2[C@H]2[C@@H]1N2C(=O)c1ccccc1. The normalized spacial score (nSPS) is 34.5. The number of benzene rings is 2. The van der Waals surface area contributed by atoms with E-state index in [0.29, 0.717) is 12.2 Å². The molecule has 0 N–H and O–H groups in total. The molecule has 3 fully saturated rings. The summed E-state index contributed by atoms with van der Waals surface area (Å²) in [7, 11) is 1.60. The monoisotopic (exact) mass is 367 g/mol. The number of carbonyl (C=O) groups excluding carboxylic acids is 1. The van der Waals surface area contributed by atoms with E-state index in [1.54, 1.807) is 7.11 Å². The van der Waals surface area contributed by atoms with Crippen LogP contribution in [0, 0.1) is 0 Å². The summed E-state index contributed by atoms with van der Waals surface area (Å²) in [6.07, 6.45) is -1.42. The fraction of sp³-hybridized carbons (Fsp3) is 0.381. The average molecular weight is 367 g/mol. The zero-order chi connectivity index (χ0) is 18.4. The molecule has 5 rings (SSSR count). The van der Waals surface area contributed by atoms with E-state index in [4.69, 9.17) is 18.9 Å². The van der Waals surface area contributed by atoms with Crippen molar-refractivity contribution in [1.29, 1.82) is 0 Å². The maximum atomic E-state index is 13.0. The summed E-state index contributed by atoms with van der Waals surface area (Å²) in [4.78, 5) is 14.8. The molecule has 140 valence electrons. The van der Waals surface area contributed by atoms with E-state index in [0.717, 1.165) is 5.56 Å². The van der Waals surface area contributed by atoms with Gasteiger partial charge in [0, 0.05) is 18.2 Å². The van der Waals surface area contributed by atoms with Gasteiger partial charge in [0.1, 0.15) is 18.2 Å². The van der Waals surface area contributed by atoms with Crippen LogP contribution in [0.25, 0.3) is 0 Å². The van der Waals surface area contributed by atoms with Crippen LogP contribution in [0.5, 0.6) is 0 Å². The first-order valence-corrected chi connectivity index (χ1v) is 9.16. The molecule has 0 unspecified atom stereocenters. The molecule has 3 heterocycles. The molecule has 0 spiro atoms. The number of nitrogens with zero attached hydrogens (tertiary/aromatic N) is 1. The Hall–Kier alpha value is -2.25. The van der Waals surface area contributed by atoms with Gasteiger partial charge in [-0.15, -0.1) is 0 Å². The van der Waals surface area contributed by atoms with Gasteiger partial charge < -0.3 is 23.8 Å². The topological polar surface area (TPSA) is 57.0 Å². The van der Waals surface area contributed by atoms with Crippen LogP contribution in [0.15, 0.2) is 60.7 Å². The van der Waals surface area contributed by atoms with Crippen LogP contribution in [-0.2, 0) is 18.9 Å². The first kappa shape index (κ1) is 16.9. The summed E-state index contributed by atoms with van der Waals surface area (Å²) in [5.41, 5.74) is 1.62. The van der Waals surface area contributed by atoms with E-state index in [1.807, 2.05) is 65.6 Å². The molecular weight excluding hydrogens is 346 g/mol. The van der Waals surface area contributed by atoms with Crippen LogP contribution in [0.1, 0.15) is 22.2 Å². The molecule has 3 saturated heterocycles. The van der Waals surface area contributed by atoms with Crippen LogP contribution in [0.3, 0.4) is 0 Å². The van der Waals surface area contributed by atoms with Crippen molar-refractivity contribution in [1.82, 2.24) is 4.90 Å². The first-order chi connectivity index (χ1) is 13.3. The highest BCUT2D eigenvalue weighted by Gasteiger charge is 2.66. The zero-order valence-corrected chi connectivity index (χ0v) is 14.9. The quantitative estimate of drug-likeness (QED) is 0.780. The third kappa shape index (κ3) is 2.85. The Labute approximate surface area is 157 Å². The predicted molar refractivity (Wildman–Crippen MR) is 95.9 cm³/mol. The van der Waals surface area contributed by atoms with Gasteiger partial charge in [-0.3, -0.25) is 4.79 Å². The molecule has 6 heteroatoms. The molecule has 0 saturated carbocycles. The number of carbonyl (C=O) groups is 1. The van der Waals surface area contributed by atoms with Crippen molar-refractivity contribution < 1.29 is 23.7 Å². The Morgan fingerprint density at radius 2 is 1.70 bits per heavy atom.